The van der Waals surface area contributed by atoms with Gasteiger partial charge in [0.25, 0.3) is 0 Å². The standard InChI is InChI=1S/C23H15Cl4N3O3S/c1-34(31,32)33-30-15-4-7-16(20(11-28)17-5-2-13(24)8-22(17)26)19(10-15)21(12-29)18-6-3-14(25)9-23(18)27/h2-10,16,20-21H,1H3/b30-15-. The van der Waals surface area contributed by atoms with Crippen molar-refractivity contribution in [1.82, 2.24) is 0 Å². The maximum absolute atomic E-state index is 11.4. The fourth-order valence-electron chi connectivity index (χ4n) is 3.53. The van der Waals surface area contributed by atoms with Gasteiger partial charge in [0.05, 0.1) is 30.2 Å². The molecule has 0 bridgehead atoms. The van der Waals surface area contributed by atoms with Crippen molar-refractivity contribution in [3.63, 3.8) is 0 Å². The van der Waals surface area contributed by atoms with Gasteiger partial charge in [-0.1, -0.05) is 69.8 Å². The lowest BCUT2D eigenvalue weighted by Crippen LogP contribution is -2.21. The molecule has 1 aliphatic carbocycles. The Morgan fingerprint density at radius 1 is 0.971 bits per heavy atom. The van der Waals surface area contributed by atoms with E-state index in [1.807, 2.05) is 0 Å². The molecule has 11 heteroatoms. The Morgan fingerprint density at radius 2 is 1.56 bits per heavy atom. The Kier molecular flexibility index (Phi) is 8.30. The molecule has 34 heavy (non-hydrogen) atoms. The van der Waals surface area contributed by atoms with E-state index in [0.717, 1.165) is 6.26 Å². The lowest BCUT2D eigenvalue weighted by molar-refractivity contribution is 0.344. The maximum Gasteiger partial charge on any atom is 0.325 e. The van der Waals surface area contributed by atoms with E-state index < -0.39 is 27.9 Å². The Bertz CT molecular complexity index is 1410. The van der Waals surface area contributed by atoms with Gasteiger partial charge in [-0.15, -0.1) is 0 Å². The van der Waals surface area contributed by atoms with E-state index in [4.69, 9.17) is 46.4 Å². The van der Waals surface area contributed by atoms with Crippen LogP contribution in [0.3, 0.4) is 0 Å². The molecule has 2 aromatic carbocycles. The molecule has 1 aliphatic rings. The molecule has 2 aromatic rings. The number of oxime groups is 1. The summed E-state index contributed by atoms with van der Waals surface area (Å²) in [6.07, 6.45) is 5.51. The van der Waals surface area contributed by atoms with E-state index in [1.165, 1.54) is 24.3 Å². The summed E-state index contributed by atoms with van der Waals surface area (Å²) in [6.45, 7) is 0. The fourth-order valence-corrected chi connectivity index (χ4v) is 4.80. The van der Waals surface area contributed by atoms with Crippen LogP contribution in [-0.2, 0) is 14.4 Å². The van der Waals surface area contributed by atoms with Gasteiger partial charge in [-0.3, -0.25) is 4.28 Å². The van der Waals surface area contributed by atoms with Crippen LogP contribution in [0.15, 0.2) is 65.4 Å². The van der Waals surface area contributed by atoms with Crippen LogP contribution >= 0.6 is 46.4 Å². The zero-order chi connectivity index (χ0) is 25.0. The summed E-state index contributed by atoms with van der Waals surface area (Å²) in [6, 6.07) is 14.0. The summed E-state index contributed by atoms with van der Waals surface area (Å²) >= 11 is 24.8. The molecule has 0 aliphatic heterocycles. The van der Waals surface area contributed by atoms with Crippen molar-refractivity contribution in [3.05, 3.63) is 91.4 Å². The average molecular weight is 555 g/mol. The molecular formula is C23H15Cl4N3O3S. The van der Waals surface area contributed by atoms with Crippen LogP contribution in [-0.4, -0.2) is 20.4 Å². The number of hydrogen-bond acceptors (Lipinski definition) is 6. The van der Waals surface area contributed by atoms with Crippen molar-refractivity contribution >= 4 is 62.2 Å². The first-order valence-electron chi connectivity index (χ1n) is 9.59. The molecule has 0 aromatic heterocycles. The van der Waals surface area contributed by atoms with Crippen LogP contribution in [0, 0.1) is 28.6 Å². The Morgan fingerprint density at radius 3 is 2.06 bits per heavy atom. The lowest BCUT2D eigenvalue weighted by atomic mass is 9.73. The van der Waals surface area contributed by atoms with Crippen LogP contribution < -0.4 is 0 Å². The van der Waals surface area contributed by atoms with Gasteiger partial charge in [0.15, 0.2) is 0 Å². The highest BCUT2D eigenvalue weighted by Crippen LogP contribution is 2.43. The SMILES string of the molecule is CS(=O)(=O)O/N=C1/C=CC(C(C#N)c2ccc(Cl)cc2Cl)C(C(C#N)c2ccc(Cl)cc2Cl)=C1. The van der Waals surface area contributed by atoms with Gasteiger partial charge in [-0.05, 0) is 53.1 Å². The zero-order valence-electron chi connectivity index (χ0n) is 17.4. The van der Waals surface area contributed by atoms with Crippen LogP contribution in [0.1, 0.15) is 23.0 Å². The molecule has 3 rings (SSSR count). The number of nitriles is 2. The van der Waals surface area contributed by atoms with Gasteiger partial charge in [0.2, 0.25) is 0 Å². The van der Waals surface area contributed by atoms with Crippen LogP contribution in [0.25, 0.3) is 0 Å². The molecule has 0 amide bonds. The monoisotopic (exact) mass is 553 g/mol. The number of rotatable bonds is 6. The van der Waals surface area contributed by atoms with Crippen LogP contribution in [0.2, 0.25) is 20.1 Å². The molecule has 0 heterocycles. The molecule has 6 nitrogen and oxygen atoms in total. The Hall–Kier alpha value is -2.52. The van der Waals surface area contributed by atoms with E-state index in [2.05, 4.69) is 21.6 Å². The van der Waals surface area contributed by atoms with Gasteiger partial charge in [-0.25, -0.2) is 0 Å². The summed E-state index contributed by atoms with van der Waals surface area (Å²) in [5.41, 5.74) is 1.56. The quantitative estimate of drug-likeness (QED) is 0.371. The maximum atomic E-state index is 11.4. The van der Waals surface area contributed by atoms with Crippen molar-refractivity contribution in [2.45, 2.75) is 11.8 Å². The third kappa shape index (κ3) is 6.13. The predicted octanol–water partition coefficient (Wildman–Crippen LogP) is 6.66. The van der Waals surface area contributed by atoms with E-state index in [-0.39, 0.29) is 10.7 Å². The van der Waals surface area contributed by atoms with Gasteiger partial charge in [0, 0.05) is 26.0 Å². The Balaban J connectivity index is 2.17. The molecular weight excluding hydrogens is 540 g/mol. The van der Waals surface area contributed by atoms with Crippen LogP contribution in [0.4, 0.5) is 0 Å². The highest BCUT2D eigenvalue weighted by molar-refractivity contribution is 7.85. The number of allylic oxidation sites excluding steroid dienone is 4. The number of benzene rings is 2. The number of hydrogen-bond donors (Lipinski definition) is 0. The second-order valence-corrected chi connectivity index (χ2v) is 10.6. The smallest absolute Gasteiger partial charge is 0.268 e. The first-order chi connectivity index (χ1) is 16.0. The summed E-state index contributed by atoms with van der Waals surface area (Å²) in [4.78, 5) is 0. The highest BCUT2D eigenvalue weighted by Gasteiger charge is 2.34. The van der Waals surface area contributed by atoms with E-state index in [9.17, 15) is 18.9 Å². The van der Waals surface area contributed by atoms with Crippen molar-refractivity contribution < 1.29 is 12.7 Å². The normalized spacial score (nSPS) is 18.5. The molecule has 0 fully saturated rings. The second kappa shape index (κ2) is 10.8. The third-order valence-electron chi connectivity index (χ3n) is 4.98. The van der Waals surface area contributed by atoms with E-state index >= 15 is 0 Å². The molecule has 0 spiro atoms. The predicted molar refractivity (Wildman–Crippen MR) is 134 cm³/mol. The van der Waals surface area contributed by atoms with Gasteiger partial charge in [0.1, 0.15) is 5.71 Å². The minimum absolute atomic E-state index is 0.140. The summed E-state index contributed by atoms with van der Waals surface area (Å²) < 4.78 is 27.3. The molecule has 3 atom stereocenters. The topological polar surface area (TPSA) is 103 Å². The third-order valence-corrected chi connectivity index (χ3v) is 6.45. The number of nitrogens with zero attached hydrogens (tertiary/aromatic N) is 3. The summed E-state index contributed by atoms with van der Waals surface area (Å²) in [5.74, 6) is -2.34. The Labute approximate surface area is 217 Å². The minimum atomic E-state index is -3.85. The van der Waals surface area contributed by atoms with Crippen molar-refractivity contribution in [2.24, 2.45) is 11.1 Å². The second-order valence-electron chi connectivity index (χ2n) is 7.32. The molecule has 0 saturated heterocycles. The lowest BCUT2D eigenvalue weighted by Gasteiger charge is -2.29. The molecule has 0 saturated carbocycles. The highest BCUT2D eigenvalue weighted by atomic mass is 35.5. The van der Waals surface area contributed by atoms with Crippen molar-refractivity contribution in [2.75, 3.05) is 6.26 Å². The first kappa shape index (κ1) is 26.1. The molecule has 3 unspecified atom stereocenters. The summed E-state index contributed by atoms with van der Waals surface area (Å²) in [5, 5.41) is 25.2. The molecule has 174 valence electrons. The van der Waals surface area contributed by atoms with Gasteiger partial charge >= 0.3 is 10.1 Å². The minimum Gasteiger partial charge on any atom is -0.268 e. The molecule has 0 radical (unpaired) electrons. The fraction of sp³-hybridized carbons (Fsp3) is 0.174. The van der Waals surface area contributed by atoms with E-state index in [0.29, 0.717) is 31.8 Å². The van der Waals surface area contributed by atoms with Crippen LogP contribution in [0.5, 0.6) is 0 Å². The average Bonchev–Trinajstić information content (AvgIpc) is 2.76. The van der Waals surface area contributed by atoms with Crippen molar-refractivity contribution in [3.8, 4) is 12.1 Å². The molecule has 0 N–H and O–H groups in total. The largest absolute Gasteiger partial charge is 0.325 e. The van der Waals surface area contributed by atoms with Gasteiger partial charge < -0.3 is 0 Å². The first-order valence-corrected chi connectivity index (χ1v) is 12.9. The van der Waals surface area contributed by atoms with E-state index in [1.54, 1.807) is 30.3 Å². The number of halogens is 4. The van der Waals surface area contributed by atoms with Crippen molar-refractivity contribution in [1.29, 1.82) is 10.5 Å². The van der Waals surface area contributed by atoms with Gasteiger partial charge in [-0.2, -0.15) is 18.9 Å². The summed E-state index contributed by atoms with van der Waals surface area (Å²) in [7, 11) is -3.85. The zero-order valence-corrected chi connectivity index (χ0v) is 21.3.